The van der Waals surface area contributed by atoms with Crippen LogP contribution in [0.3, 0.4) is 0 Å². The molecule has 0 amide bonds. The Balaban J connectivity index is 2.08. The zero-order chi connectivity index (χ0) is 13.2. The Morgan fingerprint density at radius 3 is 2.72 bits per heavy atom. The van der Waals surface area contributed by atoms with Crippen molar-refractivity contribution in [2.24, 2.45) is 0 Å². The maximum atomic E-state index is 11.9. The zero-order valence-electron chi connectivity index (χ0n) is 9.80. The predicted molar refractivity (Wildman–Crippen MR) is 70.7 cm³/mol. The van der Waals surface area contributed by atoms with Crippen LogP contribution in [0.4, 0.5) is 5.82 Å². The van der Waals surface area contributed by atoms with Gasteiger partial charge in [0.25, 0.3) is 0 Å². The molecule has 98 valence electrons. The highest BCUT2D eigenvalue weighted by Gasteiger charge is 2.19. The van der Waals surface area contributed by atoms with Gasteiger partial charge >= 0.3 is 0 Å². The van der Waals surface area contributed by atoms with E-state index in [1.165, 1.54) is 11.1 Å². The van der Waals surface area contributed by atoms with Gasteiger partial charge in [-0.2, -0.15) is 5.10 Å². The predicted octanol–water partition coefficient (Wildman–Crippen LogP) is 1.09. The van der Waals surface area contributed by atoms with E-state index in [0.717, 1.165) is 11.3 Å². The van der Waals surface area contributed by atoms with Crippen molar-refractivity contribution >= 4 is 27.2 Å². The summed E-state index contributed by atoms with van der Waals surface area (Å²) in [4.78, 5) is 2.18. The van der Waals surface area contributed by atoms with Crippen LogP contribution >= 0.6 is 11.3 Å². The number of hydrogen-bond acceptors (Lipinski definition) is 5. The minimum absolute atomic E-state index is 0.0187. The number of aryl methyl sites for hydroxylation is 1. The molecule has 0 spiro atoms. The van der Waals surface area contributed by atoms with Gasteiger partial charge in [-0.15, -0.1) is 11.3 Å². The van der Waals surface area contributed by atoms with Gasteiger partial charge in [0.05, 0.1) is 6.20 Å². The van der Waals surface area contributed by atoms with Crippen molar-refractivity contribution in [3.8, 4) is 0 Å². The number of nitrogen functional groups attached to an aromatic ring is 1. The number of aromatic amines is 1. The molecule has 0 aliphatic carbocycles. The highest BCUT2D eigenvalue weighted by Crippen LogP contribution is 2.18. The summed E-state index contributed by atoms with van der Waals surface area (Å²) in [6.07, 6.45) is 2.15. The Labute approximate surface area is 109 Å². The number of sulfonamides is 1. The largest absolute Gasteiger partial charge is 0.383 e. The Morgan fingerprint density at radius 2 is 2.17 bits per heavy atom. The first-order chi connectivity index (χ1) is 8.53. The third-order valence-corrected chi connectivity index (χ3v) is 5.08. The molecule has 6 nitrogen and oxygen atoms in total. The molecular weight excluding hydrogens is 272 g/mol. The molecule has 0 aliphatic rings. The van der Waals surface area contributed by atoms with Gasteiger partial charge in [0, 0.05) is 16.3 Å². The molecule has 2 rings (SSSR count). The highest BCUT2D eigenvalue weighted by molar-refractivity contribution is 7.89. The number of aromatic nitrogens is 2. The van der Waals surface area contributed by atoms with Gasteiger partial charge in [0.1, 0.15) is 10.7 Å². The monoisotopic (exact) mass is 286 g/mol. The second-order valence-corrected chi connectivity index (χ2v) is 6.68. The number of hydrogen-bond donors (Lipinski definition) is 3. The zero-order valence-corrected chi connectivity index (χ0v) is 11.4. The van der Waals surface area contributed by atoms with Crippen molar-refractivity contribution in [3.63, 3.8) is 0 Å². The number of nitrogens with one attached hydrogen (secondary N) is 2. The lowest BCUT2D eigenvalue weighted by Gasteiger charge is -2.03. The van der Waals surface area contributed by atoms with E-state index in [1.807, 2.05) is 12.1 Å². The van der Waals surface area contributed by atoms with Gasteiger partial charge in [0.2, 0.25) is 10.0 Å². The number of thiophene rings is 1. The van der Waals surface area contributed by atoms with E-state index in [-0.39, 0.29) is 17.3 Å². The highest BCUT2D eigenvalue weighted by atomic mass is 32.2. The van der Waals surface area contributed by atoms with Crippen molar-refractivity contribution in [3.05, 3.63) is 28.1 Å². The first-order valence-corrected chi connectivity index (χ1v) is 7.69. The number of nitrogens with zero attached hydrogens (tertiary/aromatic N) is 1. The van der Waals surface area contributed by atoms with Gasteiger partial charge < -0.3 is 5.73 Å². The third-order valence-electron chi connectivity index (χ3n) is 2.42. The van der Waals surface area contributed by atoms with E-state index in [9.17, 15) is 8.42 Å². The SMILES string of the molecule is CCc1ccc(CNS(=O)(=O)c2cn[nH]c2N)s1. The molecule has 0 radical (unpaired) electrons. The van der Waals surface area contributed by atoms with Crippen molar-refractivity contribution in [2.45, 2.75) is 24.8 Å². The van der Waals surface area contributed by atoms with Gasteiger partial charge in [-0.05, 0) is 18.6 Å². The maximum absolute atomic E-state index is 11.9. The van der Waals surface area contributed by atoms with Crippen LogP contribution in [0.2, 0.25) is 0 Å². The normalized spacial score (nSPS) is 11.8. The van der Waals surface area contributed by atoms with Crippen LogP contribution in [0.1, 0.15) is 16.7 Å². The van der Waals surface area contributed by atoms with Crippen molar-refractivity contribution in [1.29, 1.82) is 0 Å². The Morgan fingerprint density at radius 1 is 1.44 bits per heavy atom. The summed E-state index contributed by atoms with van der Waals surface area (Å²) in [5, 5.41) is 5.99. The lowest BCUT2D eigenvalue weighted by molar-refractivity contribution is 0.582. The lowest BCUT2D eigenvalue weighted by atomic mass is 10.4. The molecule has 0 atom stereocenters. The van der Waals surface area contributed by atoms with Crippen LogP contribution in [-0.2, 0) is 23.0 Å². The molecule has 18 heavy (non-hydrogen) atoms. The molecule has 0 bridgehead atoms. The van der Waals surface area contributed by atoms with Crippen molar-refractivity contribution in [1.82, 2.24) is 14.9 Å². The summed E-state index contributed by atoms with van der Waals surface area (Å²) >= 11 is 1.59. The van der Waals surface area contributed by atoms with Crippen LogP contribution in [0, 0.1) is 0 Å². The second kappa shape index (κ2) is 5.09. The molecule has 0 saturated heterocycles. The third kappa shape index (κ3) is 2.71. The van der Waals surface area contributed by atoms with Crippen molar-refractivity contribution < 1.29 is 8.42 Å². The number of anilines is 1. The van der Waals surface area contributed by atoms with Gasteiger partial charge in [-0.1, -0.05) is 6.92 Å². The molecule has 0 aromatic carbocycles. The van der Waals surface area contributed by atoms with Crippen LogP contribution in [0.5, 0.6) is 0 Å². The van der Waals surface area contributed by atoms with Crippen LogP contribution in [0.15, 0.2) is 23.2 Å². The average molecular weight is 286 g/mol. The van der Waals surface area contributed by atoms with Gasteiger partial charge in [-0.3, -0.25) is 5.10 Å². The standard InChI is InChI=1S/C10H14N4O2S2/c1-2-7-3-4-8(17-7)5-13-18(15,16)9-6-12-14-10(9)11/h3-4,6,13H,2,5H2,1H3,(H3,11,12,14). The van der Waals surface area contributed by atoms with E-state index in [4.69, 9.17) is 5.73 Å². The number of rotatable bonds is 5. The summed E-state index contributed by atoms with van der Waals surface area (Å²) in [6, 6.07) is 3.92. The van der Waals surface area contributed by atoms with E-state index in [0.29, 0.717) is 0 Å². The summed E-state index contributed by atoms with van der Waals surface area (Å²) in [5.41, 5.74) is 5.49. The average Bonchev–Trinajstić information content (AvgIpc) is 2.95. The molecule has 4 N–H and O–H groups in total. The molecule has 8 heteroatoms. The lowest BCUT2D eigenvalue weighted by Crippen LogP contribution is -2.23. The topological polar surface area (TPSA) is 101 Å². The second-order valence-electron chi connectivity index (χ2n) is 3.69. The maximum Gasteiger partial charge on any atom is 0.246 e. The first kappa shape index (κ1) is 13.1. The summed E-state index contributed by atoms with van der Waals surface area (Å²) < 4.78 is 26.3. The molecule has 0 aliphatic heterocycles. The molecule has 2 aromatic heterocycles. The van der Waals surface area contributed by atoms with E-state index in [1.54, 1.807) is 11.3 Å². The minimum atomic E-state index is -3.61. The fraction of sp³-hybridized carbons (Fsp3) is 0.300. The molecule has 2 aromatic rings. The summed E-state index contributed by atoms with van der Waals surface area (Å²) in [5.74, 6) is 0.0444. The molecular formula is C10H14N4O2S2. The molecule has 2 heterocycles. The van der Waals surface area contributed by atoms with E-state index in [2.05, 4.69) is 21.8 Å². The van der Waals surface area contributed by atoms with E-state index >= 15 is 0 Å². The fourth-order valence-corrected chi connectivity index (χ4v) is 3.47. The molecule has 0 fully saturated rings. The van der Waals surface area contributed by atoms with Crippen LogP contribution in [-0.4, -0.2) is 18.6 Å². The fourth-order valence-electron chi connectivity index (χ4n) is 1.45. The summed E-state index contributed by atoms with van der Waals surface area (Å²) in [7, 11) is -3.61. The smallest absolute Gasteiger partial charge is 0.246 e. The van der Waals surface area contributed by atoms with Crippen molar-refractivity contribution in [2.75, 3.05) is 5.73 Å². The summed E-state index contributed by atoms with van der Waals surface area (Å²) in [6.45, 7) is 2.32. The minimum Gasteiger partial charge on any atom is -0.383 e. The Kier molecular flexibility index (Phi) is 3.69. The van der Waals surface area contributed by atoms with Crippen LogP contribution < -0.4 is 10.5 Å². The van der Waals surface area contributed by atoms with Crippen LogP contribution in [0.25, 0.3) is 0 Å². The molecule has 0 unspecified atom stereocenters. The Bertz CT molecular complexity index is 630. The van der Waals surface area contributed by atoms with Gasteiger partial charge in [0.15, 0.2) is 0 Å². The number of nitrogens with two attached hydrogens (primary N) is 1. The quantitative estimate of drug-likeness (QED) is 0.766. The van der Waals surface area contributed by atoms with Gasteiger partial charge in [-0.25, -0.2) is 13.1 Å². The molecule has 0 saturated carbocycles. The first-order valence-electron chi connectivity index (χ1n) is 5.39. The van der Waals surface area contributed by atoms with E-state index < -0.39 is 10.0 Å². The number of H-pyrrole nitrogens is 1. The Hall–Kier alpha value is -1.38.